The number of hydrogen-bond acceptors (Lipinski definition) is 2. The molecule has 0 aromatic carbocycles. The van der Waals surface area contributed by atoms with Gasteiger partial charge in [-0.1, -0.05) is 13.8 Å². The van der Waals surface area contributed by atoms with E-state index in [0.29, 0.717) is 17.3 Å². The fourth-order valence-electron chi connectivity index (χ4n) is 0.949. The van der Waals surface area contributed by atoms with Crippen LogP contribution in [-0.2, 0) is 0 Å². The number of carbonyl (C=O) groups excluding carboxylic acids is 1. The van der Waals surface area contributed by atoms with E-state index in [1.54, 1.807) is 6.07 Å². The molecule has 1 heterocycles. The predicted octanol–water partition coefficient (Wildman–Crippen LogP) is 3.50. The van der Waals surface area contributed by atoms with Gasteiger partial charge < -0.3 is 5.32 Å². The molecule has 5 heteroatoms. The summed E-state index contributed by atoms with van der Waals surface area (Å²) >= 11 is 10.8. The van der Waals surface area contributed by atoms with Gasteiger partial charge in [-0.05, 0) is 34.0 Å². The van der Waals surface area contributed by atoms with Gasteiger partial charge in [0.15, 0.2) is 0 Å². The van der Waals surface area contributed by atoms with Crippen molar-refractivity contribution in [2.45, 2.75) is 19.2 Å². The second-order valence-corrected chi connectivity index (χ2v) is 6.60. The molecule has 1 aromatic rings. The number of nitrogens with one attached hydrogen (secondary N) is 1. The molecule has 84 valence electrons. The lowest BCUT2D eigenvalue weighted by Gasteiger charge is -2.13. The molecule has 1 atom stereocenters. The number of rotatable bonds is 4. The molecular formula is C10H13BrClNOS. The van der Waals surface area contributed by atoms with E-state index in [-0.39, 0.29) is 11.3 Å². The van der Waals surface area contributed by atoms with Crippen molar-refractivity contribution in [3.8, 4) is 0 Å². The van der Waals surface area contributed by atoms with Crippen LogP contribution in [0.2, 0.25) is 0 Å². The molecule has 0 aliphatic carbocycles. The number of amides is 1. The molecule has 0 fully saturated rings. The Balaban J connectivity index is 2.43. The third kappa shape index (κ3) is 4.13. The van der Waals surface area contributed by atoms with Crippen LogP contribution >= 0.6 is 38.9 Å². The van der Waals surface area contributed by atoms with Crippen LogP contribution in [0.3, 0.4) is 0 Å². The minimum atomic E-state index is -0.0583. The van der Waals surface area contributed by atoms with Crippen LogP contribution in [0.25, 0.3) is 0 Å². The van der Waals surface area contributed by atoms with Crippen molar-refractivity contribution >= 4 is 44.8 Å². The molecule has 0 saturated heterocycles. The monoisotopic (exact) mass is 309 g/mol. The molecule has 15 heavy (non-hydrogen) atoms. The zero-order valence-corrected chi connectivity index (χ0v) is 11.7. The Morgan fingerprint density at radius 3 is 2.73 bits per heavy atom. The lowest BCUT2D eigenvalue weighted by molar-refractivity contribution is 0.0956. The SMILES string of the molecule is CC(C)C(Cl)CNC(=O)c1ccc(Br)s1. The quantitative estimate of drug-likeness (QED) is 0.847. The zero-order chi connectivity index (χ0) is 11.4. The Morgan fingerprint density at radius 2 is 2.27 bits per heavy atom. The van der Waals surface area contributed by atoms with Crippen LogP contribution in [0.15, 0.2) is 15.9 Å². The first-order chi connectivity index (χ1) is 7.00. The van der Waals surface area contributed by atoms with E-state index in [2.05, 4.69) is 21.2 Å². The topological polar surface area (TPSA) is 29.1 Å². The number of carbonyl (C=O) groups is 1. The highest BCUT2D eigenvalue weighted by Gasteiger charge is 2.13. The standard InChI is InChI=1S/C10H13BrClNOS/c1-6(2)7(12)5-13-10(14)8-3-4-9(11)15-8/h3-4,6-7H,5H2,1-2H3,(H,13,14). The third-order valence-electron chi connectivity index (χ3n) is 1.98. The molecule has 1 unspecified atom stereocenters. The lowest BCUT2D eigenvalue weighted by atomic mass is 10.1. The molecule has 0 radical (unpaired) electrons. The molecule has 1 rings (SSSR count). The van der Waals surface area contributed by atoms with Gasteiger partial charge in [0.25, 0.3) is 5.91 Å². The summed E-state index contributed by atoms with van der Waals surface area (Å²) in [6.07, 6.45) is 0. The van der Waals surface area contributed by atoms with Crippen molar-refractivity contribution in [2.24, 2.45) is 5.92 Å². The average molecular weight is 311 g/mol. The smallest absolute Gasteiger partial charge is 0.261 e. The predicted molar refractivity (Wildman–Crippen MR) is 68.8 cm³/mol. The van der Waals surface area contributed by atoms with E-state index >= 15 is 0 Å². The van der Waals surface area contributed by atoms with E-state index in [9.17, 15) is 4.79 Å². The van der Waals surface area contributed by atoms with Crippen LogP contribution in [0, 0.1) is 5.92 Å². The Morgan fingerprint density at radius 1 is 1.60 bits per heavy atom. The van der Waals surface area contributed by atoms with E-state index in [1.165, 1.54) is 11.3 Å². The number of thiophene rings is 1. The molecule has 0 aliphatic heterocycles. The maximum Gasteiger partial charge on any atom is 0.261 e. The summed E-state index contributed by atoms with van der Waals surface area (Å²) in [5.74, 6) is 0.305. The number of hydrogen-bond donors (Lipinski definition) is 1. The molecular weight excluding hydrogens is 298 g/mol. The summed E-state index contributed by atoms with van der Waals surface area (Å²) in [5, 5.41) is 2.80. The summed E-state index contributed by atoms with van der Waals surface area (Å²) in [6.45, 7) is 4.57. The lowest BCUT2D eigenvalue weighted by Crippen LogP contribution is -2.31. The first kappa shape index (κ1) is 13.0. The van der Waals surface area contributed by atoms with Gasteiger partial charge in [-0.25, -0.2) is 0 Å². The van der Waals surface area contributed by atoms with Gasteiger partial charge in [0.05, 0.1) is 14.0 Å². The van der Waals surface area contributed by atoms with Gasteiger partial charge in [-0.2, -0.15) is 0 Å². The van der Waals surface area contributed by atoms with E-state index in [1.807, 2.05) is 19.9 Å². The largest absolute Gasteiger partial charge is 0.350 e. The molecule has 0 spiro atoms. The molecule has 1 aromatic heterocycles. The van der Waals surface area contributed by atoms with Gasteiger partial charge in [0.2, 0.25) is 0 Å². The second-order valence-electron chi connectivity index (χ2n) is 3.57. The molecule has 0 bridgehead atoms. The summed E-state index contributed by atoms with van der Waals surface area (Å²) in [5.41, 5.74) is 0. The van der Waals surface area contributed by atoms with Crippen LogP contribution in [-0.4, -0.2) is 17.8 Å². The summed E-state index contributed by atoms with van der Waals surface area (Å²) in [7, 11) is 0. The maximum atomic E-state index is 11.6. The van der Waals surface area contributed by atoms with Gasteiger partial charge in [0.1, 0.15) is 0 Å². The van der Waals surface area contributed by atoms with E-state index in [0.717, 1.165) is 3.79 Å². The fraction of sp³-hybridized carbons (Fsp3) is 0.500. The normalized spacial score (nSPS) is 12.9. The van der Waals surface area contributed by atoms with Gasteiger partial charge in [-0.3, -0.25) is 4.79 Å². The van der Waals surface area contributed by atoms with Crippen LogP contribution in [0.4, 0.5) is 0 Å². The minimum Gasteiger partial charge on any atom is -0.350 e. The summed E-state index contributed by atoms with van der Waals surface area (Å²) in [6, 6.07) is 3.66. The highest BCUT2D eigenvalue weighted by Crippen LogP contribution is 2.21. The highest BCUT2D eigenvalue weighted by molar-refractivity contribution is 9.11. The Hall–Kier alpha value is -0.0600. The molecule has 1 N–H and O–H groups in total. The average Bonchev–Trinajstić information content (AvgIpc) is 2.60. The molecule has 1 amide bonds. The summed E-state index contributed by atoms with van der Waals surface area (Å²) < 4.78 is 0.957. The first-order valence-corrected chi connectivity index (χ1v) is 6.73. The van der Waals surface area contributed by atoms with Crippen molar-refractivity contribution in [2.75, 3.05) is 6.54 Å². The van der Waals surface area contributed by atoms with E-state index < -0.39 is 0 Å². The first-order valence-electron chi connectivity index (χ1n) is 4.68. The van der Waals surface area contributed by atoms with Gasteiger partial charge in [-0.15, -0.1) is 22.9 Å². The number of alkyl halides is 1. The van der Waals surface area contributed by atoms with Crippen molar-refractivity contribution in [3.05, 3.63) is 20.8 Å². The fourth-order valence-corrected chi connectivity index (χ4v) is 2.33. The van der Waals surface area contributed by atoms with Crippen LogP contribution in [0.1, 0.15) is 23.5 Å². The Bertz CT molecular complexity index is 340. The van der Waals surface area contributed by atoms with Crippen molar-refractivity contribution in [1.82, 2.24) is 5.32 Å². The minimum absolute atomic E-state index is 0.0163. The van der Waals surface area contributed by atoms with Crippen LogP contribution in [0.5, 0.6) is 0 Å². The molecule has 0 saturated carbocycles. The van der Waals surface area contributed by atoms with E-state index in [4.69, 9.17) is 11.6 Å². The maximum absolute atomic E-state index is 11.6. The third-order valence-corrected chi connectivity index (χ3v) is 4.26. The second kappa shape index (κ2) is 5.87. The summed E-state index contributed by atoms with van der Waals surface area (Å²) in [4.78, 5) is 12.3. The van der Waals surface area contributed by atoms with Crippen molar-refractivity contribution in [3.63, 3.8) is 0 Å². The Kier molecular flexibility index (Phi) is 5.09. The zero-order valence-electron chi connectivity index (χ0n) is 8.59. The molecule has 2 nitrogen and oxygen atoms in total. The molecule has 0 aliphatic rings. The van der Waals surface area contributed by atoms with Gasteiger partial charge in [0, 0.05) is 6.54 Å². The highest BCUT2D eigenvalue weighted by atomic mass is 79.9. The van der Waals surface area contributed by atoms with Gasteiger partial charge >= 0.3 is 0 Å². The Labute approximate surface area is 107 Å². The van der Waals surface area contributed by atoms with Crippen LogP contribution < -0.4 is 5.32 Å². The number of halogens is 2. The van der Waals surface area contributed by atoms with Crippen molar-refractivity contribution in [1.29, 1.82) is 0 Å². The van der Waals surface area contributed by atoms with Crippen molar-refractivity contribution < 1.29 is 4.79 Å².